The fourth-order valence-electron chi connectivity index (χ4n) is 4.33. The summed E-state index contributed by atoms with van der Waals surface area (Å²) in [6.07, 6.45) is -4.49. The van der Waals surface area contributed by atoms with Gasteiger partial charge >= 0.3 is 12.4 Å². The molecule has 0 fully saturated rings. The first kappa shape index (κ1) is 25.6. The number of non-ortho nitro benzene ring substituents is 1. The molecule has 1 unspecified atom stereocenters. The van der Waals surface area contributed by atoms with Crippen molar-refractivity contribution in [2.24, 2.45) is 0 Å². The van der Waals surface area contributed by atoms with Gasteiger partial charge < -0.3 is 24.4 Å². The zero-order chi connectivity index (χ0) is 26.7. The molecule has 4 rings (SSSR count). The molecule has 1 heterocycles. The summed E-state index contributed by atoms with van der Waals surface area (Å²) < 4.78 is 53.8. The molecule has 0 aromatic heterocycles. The van der Waals surface area contributed by atoms with Crippen LogP contribution in [0.2, 0.25) is 0 Å². The molecular formula is C25H22F3N3O6. The first-order valence-electron chi connectivity index (χ1n) is 11.0. The SMILES string of the molecule is COc1cc2c(c(OC)c1)C(c1cccc(OC(F)(F)F)c1)N(C(=O)Nc1cccc([N+](=O)[O-])c1)CC2. The topological polar surface area (TPSA) is 103 Å². The molecule has 0 spiro atoms. The standard InChI is InChI=1S/C25H22F3N3O6/c1-35-20-11-15-9-10-30(24(32)29-17-6-4-7-18(13-17)31(33)34)23(22(15)21(14-20)36-2)16-5-3-8-19(12-16)37-25(26,27)28/h3-8,11-14,23H,9-10H2,1-2H3,(H,29,32). The molecule has 2 amide bonds. The van der Waals surface area contributed by atoms with Gasteiger partial charge in [-0.15, -0.1) is 13.2 Å². The summed E-state index contributed by atoms with van der Waals surface area (Å²) in [5.74, 6) is 0.469. The van der Waals surface area contributed by atoms with Crippen LogP contribution >= 0.6 is 0 Å². The normalized spacial score (nSPS) is 14.9. The summed E-state index contributed by atoms with van der Waals surface area (Å²) in [7, 11) is 2.94. The number of rotatable bonds is 6. The van der Waals surface area contributed by atoms with E-state index in [0.717, 1.165) is 5.56 Å². The predicted octanol–water partition coefficient (Wildman–Crippen LogP) is 5.69. The second kappa shape index (κ2) is 10.2. The largest absolute Gasteiger partial charge is 0.573 e. The van der Waals surface area contributed by atoms with E-state index in [-0.39, 0.29) is 17.9 Å². The van der Waals surface area contributed by atoms with E-state index in [1.54, 1.807) is 18.2 Å². The van der Waals surface area contributed by atoms with Crippen LogP contribution < -0.4 is 19.5 Å². The quantitative estimate of drug-likeness (QED) is 0.333. The Kier molecular flexibility index (Phi) is 7.09. The zero-order valence-corrected chi connectivity index (χ0v) is 19.7. The van der Waals surface area contributed by atoms with E-state index in [4.69, 9.17) is 9.47 Å². The summed E-state index contributed by atoms with van der Waals surface area (Å²) in [5, 5.41) is 13.8. The minimum absolute atomic E-state index is 0.194. The van der Waals surface area contributed by atoms with Crippen LogP contribution in [0.5, 0.6) is 17.2 Å². The van der Waals surface area contributed by atoms with Crippen molar-refractivity contribution in [3.05, 3.63) is 87.5 Å². The Labute approximate surface area is 209 Å². The van der Waals surface area contributed by atoms with Gasteiger partial charge in [0.05, 0.1) is 25.2 Å². The van der Waals surface area contributed by atoms with Crippen molar-refractivity contribution in [2.75, 3.05) is 26.1 Å². The lowest BCUT2D eigenvalue weighted by molar-refractivity contribution is -0.384. The molecule has 12 heteroatoms. The van der Waals surface area contributed by atoms with Gasteiger partial charge in [0.1, 0.15) is 17.2 Å². The lowest BCUT2D eigenvalue weighted by Gasteiger charge is -2.38. The van der Waals surface area contributed by atoms with Crippen LogP contribution in [-0.2, 0) is 6.42 Å². The number of benzene rings is 3. The molecule has 0 saturated heterocycles. The first-order chi connectivity index (χ1) is 17.6. The molecule has 0 radical (unpaired) electrons. The summed E-state index contributed by atoms with van der Waals surface area (Å²) in [6.45, 7) is 0.194. The number of nitrogens with one attached hydrogen (secondary N) is 1. The summed E-state index contributed by atoms with van der Waals surface area (Å²) in [4.78, 5) is 25.4. The van der Waals surface area contributed by atoms with Crippen LogP contribution in [-0.4, -0.2) is 43.0 Å². The maximum atomic E-state index is 13.4. The maximum absolute atomic E-state index is 13.4. The summed E-state index contributed by atoms with van der Waals surface area (Å²) in [6, 6.07) is 12.8. The highest BCUT2D eigenvalue weighted by atomic mass is 19.4. The Morgan fingerprint density at radius 1 is 1.05 bits per heavy atom. The molecule has 37 heavy (non-hydrogen) atoms. The fourth-order valence-corrected chi connectivity index (χ4v) is 4.33. The number of alkyl halides is 3. The van der Waals surface area contributed by atoms with Crippen molar-refractivity contribution in [3.8, 4) is 17.2 Å². The molecule has 1 N–H and O–H groups in total. The van der Waals surface area contributed by atoms with E-state index in [1.807, 2.05) is 0 Å². The van der Waals surface area contributed by atoms with E-state index in [9.17, 15) is 28.1 Å². The number of ether oxygens (including phenoxy) is 3. The van der Waals surface area contributed by atoms with Crippen LogP contribution in [0.3, 0.4) is 0 Å². The highest BCUT2D eigenvalue weighted by molar-refractivity contribution is 5.90. The van der Waals surface area contributed by atoms with Gasteiger partial charge in [0.25, 0.3) is 5.69 Å². The van der Waals surface area contributed by atoms with E-state index >= 15 is 0 Å². The predicted molar refractivity (Wildman–Crippen MR) is 127 cm³/mol. The number of hydrogen-bond donors (Lipinski definition) is 1. The Bertz CT molecular complexity index is 1310. The second-order valence-corrected chi connectivity index (χ2v) is 8.11. The van der Waals surface area contributed by atoms with Gasteiger partial charge in [0.15, 0.2) is 0 Å². The van der Waals surface area contributed by atoms with Gasteiger partial charge in [-0.25, -0.2) is 4.79 Å². The van der Waals surface area contributed by atoms with Crippen molar-refractivity contribution in [1.82, 2.24) is 4.90 Å². The number of amides is 2. The van der Waals surface area contributed by atoms with Crippen molar-refractivity contribution in [2.45, 2.75) is 18.8 Å². The molecule has 194 valence electrons. The van der Waals surface area contributed by atoms with Gasteiger partial charge in [-0.05, 0) is 41.8 Å². The highest BCUT2D eigenvalue weighted by Gasteiger charge is 2.36. The van der Waals surface area contributed by atoms with Crippen LogP contribution in [0.1, 0.15) is 22.7 Å². The summed E-state index contributed by atoms with van der Waals surface area (Å²) in [5.41, 5.74) is 1.71. The average Bonchev–Trinajstić information content (AvgIpc) is 2.86. The van der Waals surface area contributed by atoms with Crippen LogP contribution in [0, 0.1) is 10.1 Å². The minimum Gasteiger partial charge on any atom is -0.497 e. The number of methoxy groups -OCH3 is 2. The van der Waals surface area contributed by atoms with Crippen LogP contribution in [0.25, 0.3) is 0 Å². The molecule has 1 aliphatic rings. The molecule has 0 bridgehead atoms. The summed E-state index contributed by atoms with van der Waals surface area (Å²) >= 11 is 0. The molecule has 0 saturated carbocycles. The number of hydrogen-bond acceptors (Lipinski definition) is 6. The fraction of sp³-hybridized carbons (Fsp3) is 0.240. The number of anilines is 1. The Hall–Kier alpha value is -4.48. The number of carbonyl (C=O) groups excluding carboxylic acids is 1. The van der Waals surface area contributed by atoms with E-state index < -0.39 is 29.1 Å². The van der Waals surface area contributed by atoms with E-state index in [0.29, 0.717) is 29.0 Å². The van der Waals surface area contributed by atoms with Crippen LogP contribution in [0.15, 0.2) is 60.7 Å². The van der Waals surface area contributed by atoms with Gasteiger partial charge in [-0.2, -0.15) is 0 Å². The number of fused-ring (bicyclic) bond motifs is 1. The van der Waals surface area contributed by atoms with E-state index in [1.165, 1.54) is 61.6 Å². The van der Waals surface area contributed by atoms with Gasteiger partial charge in [-0.3, -0.25) is 10.1 Å². The maximum Gasteiger partial charge on any atom is 0.573 e. The van der Waals surface area contributed by atoms with Gasteiger partial charge in [0, 0.05) is 36.0 Å². The smallest absolute Gasteiger partial charge is 0.497 e. The molecule has 1 atom stereocenters. The number of halogens is 3. The third-order valence-electron chi connectivity index (χ3n) is 5.84. The Morgan fingerprint density at radius 2 is 1.81 bits per heavy atom. The van der Waals surface area contributed by atoms with E-state index in [2.05, 4.69) is 10.1 Å². The molecule has 3 aromatic rings. The Balaban J connectivity index is 1.79. The highest BCUT2D eigenvalue weighted by Crippen LogP contribution is 2.44. The zero-order valence-electron chi connectivity index (χ0n) is 19.7. The lowest BCUT2D eigenvalue weighted by atomic mass is 9.87. The first-order valence-corrected chi connectivity index (χ1v) is 11.0. The number of urea groups is 1. The number of nitro groups is 1. The third-order valence-corrected chi connectivity index (χ3v) is 5.84. The number of nitro benzene ring substituents is 1. The number of nitrogens with zero attached hydrogens (tertiary/aromatic N) is 2. The van der Waals surface area contributed by atoms with Gasteiger partial charge in [-0.1, -0.05) is 18.2 Å². The van der Waals surface area contributed by atoms with Crippen LogP contribution in [0.4, 0.5) is 29.3 Å². The lowest BCUT2D eigenvalue weighted by Crippen LogP contribution is -2.43. The molecule has 3 aromatic carbocycles. The monoisotopic (exact) mass is 517 g/mol. The Morgan fingerprint density at radius 3 is 2.49 bits per heavy atom. The van der Waals surface area contributed by atoms with Crippen molar-refractivity contribution < 1.29 is 37.1 Å². The van der Waals surface area contributed by atoms with Crippen molar-refractivity contribution in [1.29, 1.82) is 0 Å². The molecule has 9 nitrogen and oxygen atoms in total. The molecular weight excluding hydrogens is 495 g/mol. The molecule has 1 aliphatic heterocycles. The van der Waals surface area contributed by atoms with Crippen molar-refractivity contribution >= 4 is 17.4 Å². The molecule has 0 aliphatic carbocycles. The second-order valence-electron chi connectivity index (χ2n) is 8.11. The minimum atomic E-state index is -4.90. The number of carbonyl (C=O) groups is 1. The third kappa shape index (κ3) is 5.68. The van der Waals surface area contributed by atoms with Gasteiger partial charge in [0.2, 0.25) is 0 Å². The van der Waals surface area contributed by atoms with Crippen molar-refractivity contribution in [3.63, 3.8) is 0 Å². The average molecular weight is 517 g/mol.